The molecule has 0 amide bonds. The van der Waals surface area contributed by atoms with Gasteiger partial charge in [-0.15, -0.1) is 12.4 Å². The van der Waals surface area contributed by atoms with Crippen molar-refractivity contribution in [3.63, 3.8) is 0 Å². The fraction of sp³-hybridized carbons (Fsp3) is 0.211. The Kier molecular flexibility index (Phi) is 4.90. The van der Waals surface area contributed by atoms with E-state index in [9.17, 15) is 10.1 Å². The molecule has 0 saturated heterocycles. The normalized spacial score (nSPS) is 11.1. The maximum Gasteiger partial charge on any atom is 0.270 e. The molecule has 124 valence electrons. The van der Waals surface area contributed by atoms with Crippen LogP contribution in [0.25, 0.3) is 22.0 Å². The highest BCUT2D eigenvalue weighted by atomic mass is 35.5. The minimum Gasteiger partial charge on any atom is -0.258 e. The largest absolute Gasteiger partial charge is 0.270 e. The lowest BCUT2D eigenvalue weighted by atomic mass is 9.88. The van der Waals surface area contributed by atoms with Gasteiger partial charge in [-0.1, -0.05) is 51.1 Å². The summed E-state index contributed by atoms with van der Waals surface area (Å²) in [5.41, 5.74) is 3.74. The van der Waals surface area contributed by atoms with E-state index < -0.39 is 0 Å². The highest BCUT2D eigenvalue weighted by molar-refractivity contribution is 5.96. The van der Waals surface area contributed by atoms with E-state index in [4.69, 9.17) is 4.98 Å². The second kappa shape index (κ2) is 6.57. The van der Waals surface area contributed by atoms with Crippen molar-refractivity contribution >= 4 is 29.0 Å². The number of nitrogens with zero attached hydrogens (tertiary/aromatic N) is 2. The van der Waals surface area contributed by atoms with Crippen molar-refractivity contribution in [2.45, 2.75) is 26.2 Å². The first-order valence-corrected chi connectivity index (χ1v) is 7.51. The lowest BCUT2D eigenvalue weighted by Gasteiger charge is -2.20. The highest BCUT2D eigenvalue weighted by Gasteiger charge is 2.19. The first-order chi connectivity index (χ1) is 10.9. The third-order valence-electron chi connectivity index (χ3n) is 3.86. The predicted molar refractivity (Wildman–Crippen MR) is 99.8 cm³/mol. The molecular weight excluding hydrogens is 324 g/mol. The molecule has 2 aromatic carbocycles. The van der Waals surface area contributed by atoms with Gasteiger partial charge in [-0.25, -0.2) is 0 Å². The molecule has 0 spiro atoms. The Morgan fingerprint density at radius 3 is 2.25 bits per heavy atom. The first-order valence-electron chi connectivity index (χ1n) is 7.51. The van der Waals surface area contributed by atoms with Gasteiger partial charge in [0.2, 0.25) is 0 Å². The molecule has 4 nitrogen and oxygen atoms in total. The summed E-state index contributed by atoms with van der Waals surface area (Å²) in [7, 11) is 0. The van der Waals surface area contributed by atoms with Crippen LogP contribution < -0.4 is 0 Å². The van der Waals surface area contributed by atoms with Gasteiger partial charge in [-0.05, 0) is 23.3 Å². The summed E-state index contributed by atoms with van der Waals surface area (Å²) in [6.45, 7) is 6.34. The fourth-order valence-electron chi connectivity index (χ4n) is 2.57. The van der Waals surface area contributed by atoms with Gasteiger partial charge in [0.05, 0.1) is 10.4 Å². The maximum absolute atomic E-state index is 11.1. The number of hydrogen-bond acceptors (Lipinski definition) is 3. The van der Waals surface area contributed by atoms with Crippen molar-refractivity contribution < 1.29 is 4.92 Å². The smallest absolute Gasteiger partial charge is 0.258 e. The van der Waals surface area contributed by atoms with E-state index in [1.807, 2.05) is 36.4 Å². The number of fused-ring (bicyclic) bond motifs is 1. The van der Waals surface area contributed by atoms with Crippen LogP contribution in [0, 0.1) is 10.1 Å². The lowest BCUT2D eigenvalue weighted by molar-refractivity contribution is -0.384. The van der Waals surface area contributed by atoms with Crippen molar-refractivity contribution in [1.29, 1.82) is 0 Å². The molecule has 1 heterocycles. The summed E-state index contributed by atoms with van der Waals surface area (Å²) in [4.78, 5) is 15.4. The predicted octanol–water partition coefficient (Wildman–Crippen LogP) is 5.53. The topological polar surface area (TPSA) is 56.0 Å². The molecule has 0 N–H and O–H groups in total. The first kappa shape index (κ1) is 17.9. The molecule has 0 fully saturated rings. The van der Waals surface area contributed by atoms with Gasteiger partial charge in [0, 0.05) is 28.6 Å². The molecule has 3 aromatic rings. The van der Waals surface area contributed by atoms with Gasteiger partial charge >= 0.3 is 0 Å². The quantitative estimate of drug-likeness (QED) is 0.454. The number of nitro benzene ring substituents is 1. The van der Waals surface area contributed by atoms with Crippen molar-refractivity contribution in [1.82, 2.24) is 4.98 Å². The number of nitro groups is 1. The van der Waals surface area contributed by atoms with E-state index in [0.717, 1.165) is 27.7 Å². The van der Waals surface area contributed by atoms with Gasteiger partial charge in [0.15, 0.2) is 0 Å². The van der Waals surface area contributed by atoms with Crippen molar-refractivity contribution in [3.05, 3.63) is 70.4 Å². The Morgan fingerprint density at radius 2 is 1.67 bits per heavy atom. The van der Waals surface area contributed by atoms with E-state index >= 15 is 0 Å². The molecule has 0 radical (unpaired) electrons. The van der Waals surface area contributed by atoms with E-state index in [0.29, 0.717) is 0 Å². The van der Waals surface area contributed by atoms with E-state index in [-0.39, 0.29) is 28.4 Å². The molecule has 0 aliphatic carbocycles. The van der Waals surface area contributed by atoms with Gasteiger partial charge < -0.3 is 0 Å². The summed E-state index contributed by atoms with van der Waals surface area (Å²) in [6, 6.07) is 16.8. The third kappa shape index (κ3) is 3.39. The highest BCUT2D eigenvalue weighted by Crippen LogP contribution is 2.34. The van der Waals surface area contributed by atoms with Gasteiger partial charge in [0.1, 0.15) is 0 Å². The Hall–Kier alpha value is -2.46. The number of pyridine rings is 1. The molecule has 0 unspecified atom stereocenters. The lowest BCUT2D eigenvalue weighted by Crippen LogP contribution is -2.13. The third-order valence-corrected chi connectivity index (χ3v) is 3.86. The Morgan fingerprint density at radius 1 is 1.00 bits per heavy atom. The van der Waals surface area contributed by atoms with E-state index in [1.54, 1.807) is 12.1 Å². The van der Waals surface area contributed by atoms with Crippen LogP contribution in [-0.2, 0) is 5.41 Å². The van der Waals surface area contributed by atoms with Crippen LogP contribution in [-0.4, -0.2) is 9.91 Å². The van der Waals surface area contributed by atoms with Crippen LogP contribution >= 0.6 is 12.4 Å². The van der Waals surface area contributed by atoms with Crippen molar-refractivity contribution in [3.8, 4) is 11.1 Å². The average molecular weight is 343 g/mol. The average Bonchev–Trinajstić information content (AvgIpc) is 2.53. The second-order valence-corrected chi connectivity index (χ2v) is 6.63. The summed E-state index contributed by atoms with van der Waals surface area (Å²) in [5.74, 6) is 0. The molecule has 5 heteroatoms. The van der Waals surface area contributed by atoms with Crippen LogP contribution in [0.2, 0.25) is 0 Å². The maximum atomic E-state index is 11.1. The Balaban J connectivity index is 0.00000208. The van der Waals surface area contributed by atoms with Crippen LogP contribution in [0.15, 0.2) is 54.6 Å². The van der Waals surface area contributed by atoms with Crippen LogP contribution in [0.5, 0.6) is 0 Å². The number of halogens is 1. The standard InChI is InChI=1S/C19H18N2O2.ClH/c1-19(2,3)18-12-15(13-7-5-4-6-8-13)16-11-14(21(22)23)9-10-17(16)20-18;/h4-12H,1-3H3;1H. The molecule has 0 atom stereocenters. The van der Waals surface area contributed by atoms with Gasteiger partial charge in [-0.2, -0.15) is 0 Å². The van der Waals surface area contributed by atoms with Crippen molar-refractivity contribution in [2.24, 2.45) is 0 Å². The summed E-state index contributed by atoms with van der Waals surface area (Å²) in [5, 5.41) is 11.9. The molecule has 0 bridgehead atoms. The number of benzene rings is 2. The van der Waals surface area contributed by atoms with E-state index in [2.05, 4.69) is 20.8 Å². The van der Waals surface area contributed by atoms with Crippen LogP contribution in [0.4, 0.5) is 5.69 Å². The second-order valence-electron chi connectivity index (χ2n) is 6.63. The zero-order valence-corrected chi connectivity index (χ0v) is 14.6. The zero-order valence-electron chi connectivity index (χ0n) is 13.8. The van der Waals surface area contributed by atoms with Crippen LogP contribution in [0.1, 0.15) is 26.5 Å². The van der Waals surface area contributed by atoms with Crippen molar-refractivity contribution in [2.75, 3.05) is 0 Å². The van der Waals surface area contributed by atoms with Gasteiger partial charge in [-0.3, -0.25) is 15.1 Å². The Bertz CT molecular complexity index is 887. The number of rotatable bonds is 2. The molecular formula is C19H19ClN2O2. The SMILES string of the molecule is CC(C)(C)c1cc(-c2ccccc2)c2cc([N+](=O)[O-])ccc2n1.Cl. The summed E-state index contributed by atoms with van der Waals surface area (Å²) in [6.07, 6.45) is 0. The molecule has 0 aliphatic heterocycles. The zero-order chi connectivity index (χ0) is 16.6. The molecule has 1 aromatic heterocycles. The Labute approximate surface area is 147 Å². The van der Waals surface area contributed by atoms with E-state index in [1.165, 1.54) is 6.07 Å². The minimum absolute atomic E-state index is 0. The van der Waals surface area contributed by atoms with Crippen LogP contribution in [0.3, 0.4) is 0 Å². The monoisotopic (exact) mass is 342 g/mol. The number of non-ortho nitro benzene ring substituents is 1. The van der Waals surface area contributed by atoms with Gasteiger partial charge in [0.25, 0.3) is 5.69 Å². The summed E-state index contributed by atoms with van der Waals surface area (Å²) < 4.78 is 0. The molecule has 3 rings (SSSR count). The number of hydrogen-bond donors (Lipinski definition) is 0. The molecule has 0 saturated carbocycles. The minimum atomic E-state index is -0.369. The molecule has 24 heavy (non-hydrogen) atoms. The molecule has 0 aliphatic rings. The fourth-order valence-corrected chi connectivity index (χ4v) is 2.57. The number of aromatic nitrogens is 1. The summed E-state index contributed by atoms with van der Waals surface area (Å²) >= 11 is 0.